The lowest BCUT2D eigenvalue weighted by Gasteiger charge is -2.16. The average Bonchev–Trinajstić information content (AvgIpc) is 2.83. The van der Waals surface area contributed by atoms with Gasteiger partial charge in [0.2, 0.25) is 5.91 Å². The van der Waals surface area contributed by atoms with E-state index >= 15 is 0 Å². The first-order valence-electron chi connectivity index (χ1n) is 10.2. The van der Waals surface area contributed by atoms with Crippen molar-refractivity contribution in [1.82, 2.24) is 9.55 Å². The lowest BCUT2D eigenvalue weighted by Crippen LogP contribution is -2.23. The van der Waals surface area contributed by atoms with E-state index in [4.69, 9.17) is 4.74 Å². The van der Waals surface area contributed by atoms with E-state index in [0.717, 1.165) is 17.3 Å². The number of nitrogens with one attached hydrogen (secondary N) is 1. The number of nitrogens with zero attached hydrogens (tertiary/aromatic N) is 3. The van der Waals surface area contributed by atoms with Gasteiger partial charge in [-0.2, -0.15) is 0 Å². The van der Waals surface area contributed by atoms with E-state index in [1.54, 1.807) is 36.4 Å². The molecule has 4 aromatic rings. The fourth-order valence-electron chi connectivity index (χ4n) is 3.45. The van der Waals surface area contributed by atoms with E-state index in [2.05, 4.69) is 10.3 Å². The molecule has 0 fully saturated rings. The summed E-state index contributed by atoms with van der Waals surface area (Å²) < 4.78 is 6.90. The zero-order chi connectivity index (χ0) is 24.2. The number of thioether (sulfide) groups is 1. The van der Waals surface area contributed by atoms with Crippen LogP contribution in [-0.4, -0.2) is 33.2 Å². The fraction of sp³-hybridized carbons (Fsp3) is 0.125. The summed E-state index contributed by atoms with van der Waals surface area (Å²) in [6.07, 6.45) is 0. The Morgan fingerprint density at radius 3 is 2.65 bits per heavy atom. The molecule has 0 aliphatic carbocycles. The van der Waals surface area contributed by atoms with Crippen molar-refractivity contribution in [2.75, 3.05) is 18.2 Å². The molecule has 1 N–H and O–H groups in total. The molecule has 34 heavy (non-hydrogen) atoms. The van der Waals surface area contributed by atoms with Crippen LogP contribution in [0.4, 0.5) is 11.4 Å². The topological polar surface area (TPSA) is 116 Å². The van der Waals surface area contributed by atoms with Crippen LogP contribution >= 0.6 is 11.8 Å². The van der Waals surface area contributed by atoms with Crippen molar-refractivity contribution in [1.29, 1.82) is 0 Å². The first kappa shape index (κ1) is 23.0. The van der Waals surface area contributed by atoms with Gasteiger partial charge in [0, 0.05) is 6.07 Å². The summed E-state index contributed by atoms with van der Waals surface area (Å²) in [4.78, 5) is 41.4. The summed E-state index contributed by atoms with van der Waals surface area (Å²) in [6.45, 7) is 1.90. The predicted octanol–water partition coefficient (Wildman–Crippen LogP) is 4.34. The standard InChI is InChI=1S/C24H20N4O5S/c1-15-11-12-21(33-2)20(13-15)27-23(30)16-7-3-4-8-17(16)26-24(27)34-14-22(29)25-18-9-5-6-10-19(18)28(31)32/h3-13H,14H2,1-2H3,(H,25,29). The van der Waals surface area contributed by atoms with Crippen molar-refractivity contribution in [3.63, 3.8) is 0 Å². The minimum absolute atomic E-state index is 0.0994. The summed E-state index contributed by atoms with van der Waals surface area (Å²) in [7, 11) is 1.51. The number of carbonyl (C=O) groups is 1. The minimum atomic E-state index is -0.560. The molecule has 0 atom stereocenters. The van der Waals surface area contributed by atoms with E-state index in [9.17, 15) is 19.7 Å². The summed E-state index contributed by atoms with van der Waals surface area (Å²) in [5.74, 6) is -0.106. The molecule has 1 amide bonds. The van der Waals surface area contributed by atoms with Crippen molar-refractivity contribution < 1.29 is 14.5 Å². The van der Waals surface area contributed by atoms with Gasteiger partial charge in [-0.05, 0) is 42.8 Å². The molecular formula is C24H20N4O5S. The number of rotatable bonds is 7. The van der Waals surface area contributed by atoms with Gasteiger partial charge in [-0.3, -0.25) is 24.3 Å². The number of nitro benzene ring substituents is 1. The molecule has 0 radical (unpaired) electrons. The van der Waals surface area contributed by atoms with Crippen molar-refractivity contribution >= 4 is 39.9 Å². The van der Waals surface area contributed by atoms with Crippen molar-refractivity contribution in [2.24, 2.45) is 0 Å². The SMILES string of the molecule is COc1ccc(C)cc1-n1c(SCC(=O)Nc2ccccc2[N+](=O)[O-])nc2ccccc2c1=O. The second-order valence-corrected chi connectivity index (χ2v) is 8.28. The molecule has 3 aromatic carbocycles. The van der Waals surface area contributed by atoms with Crippen LogP contribution in [0.1, 0.15) is 5.56 Å². The van der Waals surface area contributed by atoms with Crippen LogP contribution in [0.25, 0.3) is 16.6 Å². The molecular weight excluding hydrogens is 456 g/mol. The molecule has 4 rings (SSSR count). The lowest BCUT2D eigenvalue weighted by atomic mass is 10.2. The summed E-state index contributed by atoms with van der Waals surface area (Å²) in [5.41, 5.74) is 1.52. The highest BCUT2D eigenvalue weighted by Gasteiger charge is 2.19. The molecule has 0 bridgehead atoms. The Morgan fingerprint density at radius 2 is 1.88 bits per heavy atom. The number of benzene rings is 3. The molecule has 10 heteroatoms. The van der Waals surface area contributed by atoms with Crippen LogP contribution in [0.5, 0.6) is 5.75 Å². The van der Waals surface area contributed by atoms with E-state index in [0.29, 0.717) is 27.5 Å². The van der Waals surface area contributed by atoms with Gasteiger partial charge in [0.15, 0.2) is 5.16 Å². The van der Waals surface area contributed by atoms with Crippen LogP contribution in [0.15, 0.2) is 76.7 Å². The molecule has 1 heterocycles. The molecule has 0 spiro atoms. The quantitative estimate of drug-likeness (QED) is 0.182. The van der Waals surface area contributed by atoms with E-state index in [1.807, 2.05) is 19.1 Å². The Morgan fingerprint density at radius 1 is 1.15 bits per heavy atom. The Hall–Kier alpha value is -4.18. The van der Waals surface area contributed by atoms with Gasteiger partial charge in [-0.15, -0.1) is 0 Å². The monoisotopic (exact) mass is 476 g/mol. The number of nitro groups is 1. The third-order valence-corrected chi connectivity index (χ3v) is 5.97. The fourth-order valence-corrected chi connectivity index (χ4v) is 4.26. The number of hydrogen-bond donors (Lipinski definition) is 1. The van der Waals surface area contributed by atoms with Gasteiger partial charge in [-0.1, -0.05) is 42.1 Å². The highest BCUT2D eigenvalue weighted by molar-refractivity contribution is 7.99. The predicted molar refractivity (Wildman–Crippen MR) is 131 cm³/mol. The smallest absolute Gasteiger partial charge is 0.292 e. The Labute approximate surface area is 198 Å². The normalized spacial score (nSPS) is 10.8. The molecule has 9 nitrogen and oxygen atoms in total. The maximum atomic E-state index is 13.5. The van der Waals surface area contributed by atoms with Crippen LogP contribution in [0, 0.1) is 17.0 Å². The maximum absolute atomic E-state index is 13.5. The van der Waals surface area contributed by atoms with Crippen LogP contribution in [0.2, 0.25) is 0 Å². The molecule has 0 aliphatic heterocycles. The lowest BCUT2D eigenvalue weighted by molar-refractivity contribution is -0.383. The van der Waals surface area contributed by atoms with Crippen LogP contribution in [0.3, 0.4) is 0 Å². The molecule has 0 unspecified atom stereocenters. The Bertz CT molecular complexity index is 1470. The number of carbonyl (C=O) groups excluding carboxylic acids is 1. The maximum Gasteiger partial charge on any atom is 0.292 e. The first-order chi connectivity index (χ1) is 16.4. The van der Waals surface area contributed by atoms with Gasteiger partial charge in [0.1, 0.15) is 11.4 Å². The van der Waals surface area contributed by atoms with E-state index in [1.165, 1.54) is 29.9 Å². The number of anilines is 1. The van der Waals surface area contributed by atoms with Crippen LogP contribution in [-0.2, 0) is 4.79 Å². The average molecular weight is 477 g/mol. The third-order valence-electron chi connectivity index (χ3n) is 5.03. The molecule has 172 valence electrons. The summed E-state index contributed by atoms with van der Waals surface area (Å²) >= 11 is 1.05. The number of hydrogen-bond acceptors (Lipinski definition) is 7. The van der Waals surface area contributed by atoms with Crippen molar-refractivity contribution in [3.8, 4) is 11.4 Å². The number of aromatic nitrogens is 2. The Kier molecular flexibility index (Phi) is 6.60. The van der Waals surface area contributed by atoms with Crippen molar-refractivity contribution in [2.45, 2.75) is 12.1 Å². The third kappa shape index (κ3) is 4.62. The zero-order valence-corrected chi connectivity index (χ0v) is 19.2. The minimum Gasteiger partial charge on any atom is -0.495 e. The number of ether oxygens (including phenoxy) is 1. The molecule has 0 saturated carbocycles. The van der Waals surface area contributed by atoms with Crippen molar-refractivity contribution in [3.05, 3.63) is 92.8 Å². The second-order valence-electron chi connectivity index (χ2n) is 7.34. The molecule has 1 aromatic heterocycles. The highest BCUT2D eigenvalue weighted by atomic mass is 32.2. The van der Waals surface area contributed by atoms with Gasteiger partial charge < -0.3 is 10.1 Å². The van der Waals surface area contributed by atoms with E-state index in [-0.39, 0.29) is 22.7 Å². The second kappa shape index (κ2) is 9.75. The highest BCUT2D eigenvalue weighted by Crippen LogP contribution is 2.29. The first-order valence-corrected chi connectivity index (χ1v) is 11.2. The number of methoxy groups -OCH3 is 1. The van der Waals surface area contributed by atoms with Gasteiger partial charge in [-0.25, -0.2) is 4.98 Å². The van der Waals surface area contributed by atoms with Gasteiger partial charge >= 0.3 is 0 Å². The van der Waals surface area contributed by atoms with Crippen LogP contribution < -0.4 is 15.6 Å². The van der Waals surface area contributed by atoms with E-state index < -0.39 is 10.8 Å². The molecule has 0 saturated heterocycles. The number of amides is 1. The number of fused-ring (bicyclic) bond motifs is 1. The largest absolute Gasteiger partial charge is 0.495 e. The molecule has 0 aliphatic rings. The zero-order valence-electron chi connectivity index (χ0n) is 18.3. The summed E-state index contributed by atoms with van der Waals surface area (Å²) in [6, 6.07) is 18.3. The number of aryl methyl sites for hydroxylation is 1. The number of para-hydroxylation sites is 3. The summed E-state index contributed by atoms with van der Waals surface area (Å²) in [5, 5.41) is 14.5. The van der Waals surface area contributed by atoms with Gasteiger partial charge in [0.05, 0.1) is 34.4 Å². The van der Waals surface area contributed by atoms with Gasteiger partial charge in [0.25, 0.3) is 11.2 Å². The Balaban J connectivity index is 1.72.